The summed E-state index contributed by atoms with van der Waals surface area (Å²) in [7, 11) is 1.43. The second kappa shape index (κ2) is 4.65. The zero-order valence-corrected chi connectivity index (χ0v) is 12.2. The van der Waals surface area contributed by atoms with Crippen LogP contribution in [0, 0.1) is 5.82 Å². The first kappa shape index (κ1) is 13.9. The van der Waals surface area contributed by atoms with Gasteiger partial charge in [0.2, 0.25) is 0 Å². The summed E-state index contributed by atoms with van der Waals surface area (Å²) < 4.78 is 50.0. The number of aromatic nitrogens is 1. The molecule has 0 saturated heterocycles. The van der Waals surface area contributed by atoms with Crippen LogP contribution in [0.1, 0.15) is 11.3 Å². The Bertz CT molecular complexity index is 912. The van der Waals surface area contributed by atoms with Crippen LogP contribution in [-0.2, 0) is 0 Å². The van der Waals surface area contributed by atoms with Crippen molar-refractivity contribution < 1.29 is 22.2 Å². The number of nitrogens with zero attached hydrogens (tertiary/aromatic N) is 2. The summed E-state index contributed by atoms with van der Waals surface area (Å²) in [6, 6.07) is 7.30. The Morgan fingerprint density at radius 3 is 2.83 bits per heavy atom. The SMILES string of the molecule is COc1cc(F)ccc1C1=C2C=CC=[N+]2[B-](F)(F)n2cccc21. The van der Waals surface area contributed by atoms with Crippen LogP contribution < -0.4 is 4.74 Å². The molecule has 0 radical (unpaired) electrons. The molecule has 0 saturated carbocycles. The number of halogens is 3. The summed E-state index contributed by atoms with van der Waals surface area (Å²) in [6.07, 6.45) is 5.92. The molecular formula is C16H12BF3N2O. The van der Waals surface area contributed by atoms with Gasteiger partial charge in [-0.3, -0.25) is 0 Å². The van der Waals surface area contributed by atoms with Crippen LogP contribution in [-0.4, -0.2) is 29.3 Å². The fourth-order valence-corrected chi connectivity index (χ4v) is 3.17. The monoisotopic (exact) mass is 316 g/mol. The number of methoxy groups -OCH3 is 1. The second-order valence-corrected chi connectivity index (χ2v) is 5.41. The van der Waals surface area contributed by atoms with E-state index in [4.69, 9.17) is 4.74 Å². The Morgan fingerprint density at radius 1 is 1.22 bits per heavy atom. The van der Waals surface area contributed by atoms with E-state index in [1.54, 1.807) is 30.4 Å². The van der Waals surface area contributed by atoms with Crippen molar-refractivity contribution in [3.8, 4) is 5.75 Å². The molecule has 0 atom stereocenters. The predicted octanol–water partition coefficient (Wildman–Crippen LogP) is 3.28. The zero-order chi connectivity index (χ0) is 16.2. The van der Waals surface area contributed by atoms with Gasteiger partial charge in [0.25, 0.3) is 0 Å². The zero-order valence-electron chi connectivity index (χ0n) is 12.2. The highest BCUT2D eigenvalue weighted by Gasteiger charge is 2.51. The molecule has 7 heteroatoms. The van der Waals surface area contributed by atoms with Crippen molar-refractivity contribution in [1.29, 1.82) is 0 Å². The highest BCUT2D eigenvalue weighted by Crippen LogP contribution is 2.41. The lowest BCUT2D eigenvalue weighted by Gasteiger charge is -2.31. The number of benzene rings is 1. The van der Waals surface area contributed by atoms with Gasteiger partial charge in [-0.1, -0.05) is 0 Å². The molecule has 2 aliphatic rings. The number of hydrogen-bond donors (Lipinski definition) is 0. The van der Waals surface area contributed by atoms with Gasteiger partial charge in [-0.05, 0) is 30.5 Å². The van der Waals surface area contributed by atoms with E-state index >= 15 is 0 Å². The van der Waals surface area contributed by atoms with Crippen molar-refractivity contribution >= 4 is 18.8 Å². The molecule has 2 aromatic rings. The van der Waals surface area contributed by atoms with Crippen LogP contribution in [0.3, 0.4) is 0 Å². The third kappa shape index (κ3) is 1.82. The summed E-state index contributed by atoms with van der Waals surface area (Å²) in [5.41, 5.74) is 1.92. The van der Waals surface area contributed by atoms with Crippen molar-refractivity contribution in [2.75, 3.05) is 7.11 Å². The molecule has 4 rings (SSSR count). The maximum atomic E-state index is 14.7. The minimum atomic E-state index is -3.94. The second-order valence-electron chi connectivity index (χ2n) is 5.41. The highest BCUT2D eigenvalue weighted by molar-refractivity contribution is 6.57. The minimum Gasteiger partial charge on any atom is -0.496 e. The van der Waals surface area contributed by atoms with E-state index in [-0.39, 0.29) is 0 Å². The lowest BCUT2D eigenvalue weighted by Crippen LogP contribution is -2.49. The summed E-state index contributed by atoms with van der Waals surface area (Å²) in [4.78, 5) is 0. The molecule has 0 N–H and O–H groups in total. The van der Waals surface area contributed by atoms with Crippen LogP contribution >= 0.6 is 0 Å². The van der Waals surface area contributed by atoms with Gasteiger partial charge in [-0.2, -0.15) is 0 Å². The average Bonchev–Trinajstić information content (AvgIpc) is 3.18. The van der Waals surface area contributed by atoms with E-state index in [1.165, 1.54) is 31.7 Å². The van der Waals surface area contributed by atoms with Gasteiger partial charge in [0.15, 0.2) is 5.70 Å². The van der Waals surface area contributed by atoms with Crippen LogP contribution in [0.15, 0.2) is 54.4 Å². The Kier molecular flexibility index (Phi) is 2.82. The number of hydrogen-bond acceptors (Lipinski definition) is 1. The fraction of sp³-hybridized carbons (Fsp3) is 0.0625. The molecule has 0 aliphatic carbocycles. The van der Waals surface area contributed by atoms with Gasteiger partial charge in [0.1, 0.15) is 17.8 Å². The van der Waals surface area contributed by atoms with Crippen molar-refractivity contribution in [3.63, 3.8) is 0 Å². The molecule has 0 bridgehead atoms. The smallest absolute Gasteiger partial charge is 0.496 e. The quantitative estimate of drug-likeness (QED) is 0.777. The van der Waals surface area contributed by atoms with Gasteiger partial charge in [-0.25, -0.2) is 4.39 Å². The summed E-state index contributed by atoms with van der Waals surface area (Å²) in [6.45, 7) is -3.94. The average molecular weight is 316 g/mol. The van der Waals surface area contributed by atoms with E-state index in [0.29, 0.717) is 28.3 Å². The maximum Gasteiger partial charge on any atom is 0.737 e. The first-order valence-corrected chi connectivity index (χ1v) is 7.12. The Hall–Kier alpha value is -2.70. The van der Waals surface area contributed by atoms with Crippen LogP contribution in [0.2, 0.25) is 0 Å². The summed E-state index contributed by atoms with van der Waals surface area (Å²) >= 11 is 0. The minimum absolute atomic E-state index is 0.304. The normalized spacial score (nSPS) is 17.8. The predicted molar refractivity (Wildman–Crippen MR) is 82.2 cm³/mol. The number of fused-ring (bicyclic) bond motifs is 2. The molecule has 0 spiro atoms. The van der Waals surface area contributed by atoms with E-state index in [9.17, 15) is 13.0 Å². The molecule has 1 aromatic heterocycles. The van der Waals surface area contributed by atoms with Gasteiger partial charge in [-0.15, -0.1) is 0 Å². The molecule has 0 unspecified atom stereocenters. The van der Waals surface area contributed by atoms with Gasteiger partial charge in [0.05, 0.1) is 12.7 Å². The van der Waals surface area contributed by atoms with Gasteiger partial charge < -0.3 is 22.3 Å². The standard InChI is InChI=1S/C16H12BF3N2O/c1-23-15-10-11(18)6-7-12(15)16-13-4-2-8-21(13)17(19,20)22-9-3-5-14(16)22/h2-10H,1H3. The Morgan fingerprint density at radius 2 is 2.04 bits per heavy atom. The summed E-state index contributed by atoms with van der Waals surface area (Å²) in [5, 5.41) is 0. The molecule has 0 fully saturated rings. The Balaban J connectivity index is 2.06. The van der Waals surface area contributed by atoms with Crippen LogP contribution in [0.25, 0.3) is 5.57 Å². The van der Waals surface area contributed by atoms with Crippen molar-refractivity contribution in [2.45, 2.75) is 0 Å². The maximum absolute atomic E-state index is 14.7. The first-order chi connectivity index (χ1) is 11.0. The molecule has 1 aromatic carbocycles. The van der Waals surface area contributed by atoms with Crippen molar-refractivity contribution in [2.24, 2.45) is 0 Å². The van der Waals surface area contributed by atoms with Crippen LogP contribution in [0.5, 0.6) is 5.75 Å². The molecule has 3 heterocycles. The third-order valence-corrected chi connectivity index (χ3v) is 4.17. The fourth-order valence-electron chi connectivity index (χ4n) is 3.17. The van der Waals surface area contributed by atoms with E-state index in [2.05, 4.69) is 0 Å². The Labute approximate surface area is 130 Å². The van der Waals surface area contributed by atoms with Gasteiger partial charge >= 0.3 is 6.97 Å². The van der Waals surface area contributed by atoms with E-state index < -0.39 is 12.8 Å². The molecule has 2 aliphatic heterocycles. The van der Waals surface area contributed by atoms with E-state index in [0.717, 1.165) is 8.96 Å². The molecule has 116 valence electrons. The lowest BCUT2D eigenvalue weighted by molar-refractivity contribution is -0.356. The number of rotatable bonds is 2. The van der Waals surface area contributed by atoms with Crippen molar-refractivity contribution in [3.05, 3.63) is 71.5 Å². The largest absolute Gasteiger partial charge is 0.737 e. The third-order valence-electron chi connectivity index (χ3n) is 4.17. The highest BCUT2D eigenvalue weighted by atomic mass is 19.2. The molecule has 3 nitrogen and oxygen atoms in total. The first-order valence-electron chi connectivity index (χ1n) is 7.12. The number of ether oxygens (including phenoxy) is 1. The van der Waals surface area contributed by atoms with Crippen molar-refractivity contribution in [1.82, 2.24) is 4.48 Å². The topological polar surface area (TPSA) is 17.2 Å². The molecule has 0 amide bonds. The van der Waals surface area contributed by atoms with Crippen LogP contribution in [0.4, 0.5) is 13.0 Å². The molecular weight excluding hydrogens is 304 g/mol. The number of allylic oxidation sites excluding steroid dienone is 2. The lowest BCUT2D eigenvalue weighted by atomic mass is 9.86. The van der Waals surface area contributed by atoms with Gasteiger partial charge in [0, 0.05) is 29.5 Å². The molecule has 23 heavy (non-hydrogen) atoms. The summed E-state index contributed by atoms with van der Waals surface area (Å²) in [5.74, 6) is -0.138. The van der Waals surface area contributed by atoms with E-state index in [1.807, 2.05) is 0 Å².